The van der Waals surface area contributed by atoms with Gasteiger partial charge in [-0.2, -0.15) is 0 Å². The van der Waals surface area contributed by atoms with Crippen LogP contribution in [0.4, 0.5) is 14.9 Å². The largest absolute Gasteiger partial charge is 0.480 e. The topological polar surface area (TPSA) is 89.9 Å². The highest BCUT2D eigenvalue weighted by molar-refractivity contribution is 5.93. The molecule has 6 nitrogen and oxygen atoms in total. The molecule has 108 valence electrons. The molecule has 1 heterocycles. The zero-order valence-electron chi connectivity index (χ0n) is 10.8. The van der Waals surface area contributed by atoms with Gasteiger partial charge in [0.15, 0.2) is 0 Å². The number of β-amino-alcohol motifs (C(OH)–C–C–N with tert-alkyl or cyclic N) is 1. The van der Waals surface area contributed by atoms with Crippen LogP contribution >= 0.6 is 0 Å². The molecule has 0 aliphatic carbocycles. The molecule has 1 aromatic carbocycles. The van der Waals surface area contributed by atoms with Gasteiger partial charge < -0.3 is 20.4 Å². The standard InChI is InChI=1S/C13H15FN2O4/c1-7-4-8(14)2-3-10(7)15-13(20)16-6-9(17)5-11(16)12(18)19/h2-4,9,11,17H,5-6H2,1H3,(H,15,20)(H,18,19)/t9-,11+/m1/s1. The van der Waals surface area contributed by atoms with Crippen LogP contribution in [-0.2, 0) is 4.79 Å². The number of aliphatic carboxylic acids is 1. The number of aliphatic hydroxyl groups excluding tert-OH is 1. The second kappa shape index (κ2) is 5.46. The van der Waals surface area contributed by atoms with Crippen LogP contribution < -0.4 is 5.32 Å². The third kappa shape index (κ3) is 2.88. The molecule has 0 spiro atoms. The van der Waals surface area contributed by atoms with Crippen molar-refractivity contribution < 1.29 is 24.2 Å². The lowest BCUT2D eigenvalue weighted by Gasteiger charge is -2.22. The van der Waals surface area contributed by atoms with Crippen LogP contribution in [0.1, 0.15) is 12.0 Å². The molecule has 1 aliphatic heterocycles. The first-order chi connectivity index (χ1) is 9.38. The Morgan fingerprint density at radius 2 is 2.15 bits per heavy atom. The van der Waals surface area contributed by atoms with Gasteiger partial charge in [0.1, 0.15) is 11.9 Å². The number of nitrogens with one attached hydrogen (secondary N) is 1. The first-order valence-electron chi connectivity index (χ1n) is 6.13. The van der Waals surface area contributed by atoms with E-state index in [0.717, 1.165) is 4.90 Å². The quantitative estimate of drug-likeness (QED) is 0.760. The monoisotopic (exact) mass is 282 g/mol. The summed E-state index contributed by atoms with van der Waals surface area (Å²) in [6, 6.07) is 2.21. The maximum Gasteiger partial charge on any atom is 0.326 e. The molecule has 20 heavy (non-hydrogen) atoms. The van der Waals surface area contributed by atoms with E-state index in [0.29, 0.717) is 11.3 Å². The highest BCUT2D eigenvalue weighted by Crippen LogP contribution is 2.21. The Morgan fingerprint density at radius 3 is 2.75 bits per heavy atom. The van der Waals surface area contributed by atoms with Crippen molar-refractivity contribution in [3.63, 3.8) is 0 Å². The Morgan fingerprint density at radius 1 is 1.45 bits per heavy atom. The SMILES string of the molecule is Cc1cc(F)ccc1NC(=O)N1C[C@H](O)C[C@H]1C(=O)O. The predicted molar refractivity (Wildman–Crippen MR) is 68.9 cm³/mol. The highest BCUT2D eigenvalue weighted by atomic mass is 19.1. The number of aryl methyl sites for hydroxylation is 1. The van der Waals surface area contributed by atoms with Crippen molar-refractivity contribution in [1.29, 1.82) is 0 Å². The molecule has 0 saturated carbocycles. The predicted octanol–water partition coefficient (Wildman–Crippen LogP) is 1.19. The fourth-order valence-electron chi connectivity index (χ4n) is 2.23. The van der Waals surface area contributed by atoms with Crippen LogP contribution in [0, 0.1) is 12.7 Å². The number of benzene rings is 1. The summed E-state index contributed by atoms with van der Waals surface area (Å²) < 4.78 is 13.0. The Labute approximate surface area is 114 Å². The number of carbonyl (C=O) groups is 2. The Bertz CT molecular complexity index is 549. The summed E-state index contributed by atoms with van der Waals surface area (Å²) in [5.41, 5.74) is 0.937. The van der Waals surface area contributed by atoms with Crippen molar-refractivity contribution in [3.05, 3.63) is 29.6 Å². The molecule has 2 atom stereocenters. The molecule has 1 aromatic rings. The number of rotatable bonds is 2. The molecule has 1 saturated heterocycles. The van der Waals surface area contributed by atoms with Crippen LogP contribution in [0.2, 0.25) is 0 Å². The van der Waals surface area contributed by atoms with Gasteiger partial charge in [0, 0.05) is 18.7 Å². The number of anilines is 1. The van der Waals surface area contributed by atoms with E-state index in [-0.39, 0.29) is 13.0 Å². The maximum atomic E-state index is 13.0. The first kappa shape index (κ1) is 14.3. The number of hydrogen-bond donors (Lipinski definition) is 3. The normalized spacial score (nSPS) is 21.9. The van der Waals surface area contributed by atoms with Gasteiger partial charge in [-0.1, -0.05) is 0 Å². The van der Waals surface area contributed by atoms with Crippen LogP contribution in [0.15, 0.2) is 18.2 Å². The van der Waals surface area contributed by atoms with Gasteiger partial charge in [-0.15, -0.1) is 0 Å². The fourth-order valence-corrected chi connectivity index (χ4v) is 2.23. The molecule has 3 N–H and O–H groups in total. The Kier molecular flexibility index (Phi) is 3.89. The molecule has 0 aromatic heterocycles. The van der Waals surface area contributed by atoms with E-state index >= 15 is 0 Å². The minimum atomic E-state index is -1.16. The van der Waals surface area contributed by atoms with Gasteiger partial charge in [-0.25, -0.2) is 14.0 Å². The lowest BCUT2D eigenvalue weighted by Crippen LogP contribution is -2.43. The van der Waals surface area contributed by atoms with Crippen molar-refractivity contribution >= 4 is 17.7 Å². The van der Waals surface area contributed by atoms with Gasteiger partial charge in [0.25, 0.3) is 0 Å². The van der Waals surface area contributed by atoms with E-state index in [9.17, 15) is 19.1 Å². The number of carboxylic acids is 1. The van der Waals surface area contributed by atoms with Gasteiger partial charge in [-0.3, -0.25) is 0 Å². The number of likely N-dealkylation sites (tertiary alicyclic amines) is 1. The molecule has 0 radical (unpaired) electrons. The summed E-state index contributed by atoms with van der Waals surface area (Å²) >= 11 is 0. The molecular weight excluding hydrogens is 267 g/mol. The zero-order chi connectivity index (χ0) is 14.9. The zero-order valence-corrected chi connectivity index (χ0v) is 10.8. The van der Waals surface area contributed by atoms with Crippen molar-refractivity contribution in [2.75, 3.05) is 11.9 Å². The molecule has 7 heteroatoms. The second-order valence-electron chi connectivity index (χ2n) is 4.79. The third-order valence-corrected chi connectivity index (χ3v) is 3.25. The minimum absolute atomic E-state index is 0.00511. The van der Waals surface area contributed by atoms with E-state index in [1.807, 2.05) is 0 Å². The van der Waals surface area contributed by atoms with Gasteiger partial charge in [0.2, 0.25) is 0 Å². The van der Waals surface area contributed by atoms with Crippen LogP contribution in [0.5, 0.6) is 0 Å². The van der Waals surface area contributed by atoms with E-state index in [1.54, 1.807) is 6.92 Å². The number of urea groups is 1. The highest BCUT2D eigenvalue weighted by Gasteiger charge is 2.39. The summed E-state index contributed by atoms with van der Waals surface area (Å²) in [5.74, 6) is -1.58. The summed E-state index contributed by atoms with van der Waals surface area (Å²) in [5, 5.41) is 21.0. The number of amides is 2. The number of hydrogen-bond acceptors (Lipinski definition) is 3. The fraction of sp³-hybridized carbons (Fsp3) is 0.385. The van der Waals surface area contributed by atoms with Crippen molar-refractivity contribution in [1.82, 2.24) is 4.90 Å². The minimum Gasteiger partial charge on any atom is -0.480 e. The van der Waals surface area contributed by atoms with Gasteiger partial charge in [0.05, 0.1) is 6.10 Å². The van der Waals surface area contributed by atoms with Crippen LogP contribution in [-0.4, -0.2) is 45.8 Å². The molecule has 1 aliphatic rings. The summed E-state index contributed by atoms with van der Waals surface area (Å²) in [6.45, 7) is 1.59. The van der Waals surface area contributed by atoms with E-state index in [1.165, 1.54) is 18.2 Å². The summed E-state index contributed by atoms with van der Waals surface area (Å²) in [6.07, 6.45) is -0.846. The van der Waals surface area contributed by atoms with Crippen molar-refractivity contribution in [2.45, 2.75) is 25.5 Å². The van der Waals surface area contributed by atoms with Gasteiger partial charge >= 0.3 is 12.0 Å². The first-order valence-corrected chi connectivity index (χ1v) is 6.13. The Hall–Kier alpha value is -2.15. The smallest absolute Gasteiger partial charge is 0.326 e. The van der Waals surface area contributed by atoms with E-state index < -0.39 is 30.0 Å². The molecule has 1 fully saturated rings. The van der Waals surface area contributed by atoms with E-state index in [2.05, 4.69) is 5.32 Å². The number of halogens is 1. The van der Waals surface area contributed by atoms with Crippen LogP contribution in [0.3, 0.4) is 0 Å². The molecular formula is C13H15FN2O4. The molecule has 0 bridgehead atoms. The second-order valence-corrected chi connectivity index (χ2v) is 4.79. The average Bonchev–Trinajstić information content (AvgIpc) is 2.75. The lowest BCUT2D eigenvalue weighted by molar-refractivity contribution is -0.141. The van der Waals surface area contributed by atoms with Gasteiger partial charge in [-0.05, 0) is 30.7 Å². The number of nitrogens with zero attached hydrogens (tertiary/aromatic N) is 1. The number of carboxylic acid groups (broad SMARTS) is 1. The van der Waals surface area contributed by atoms with E-state index in [4.69, 9.17) is 5.11 Å². The summed E-state index contributed by atoms with van der Waals surface area (Å²) in [7, 11) is 0. The third-order valence-electron chi connectivity index (χ3n) is 3.25. The molecule has 0 unspecified atom stereocenters. The average molecular weight is 282 g/mol. The van der Waals surface area contributed by atoms with Crippen molar-refractivity contribution in [3.8, 4) is 0 Å². The summed E-state index contributed by atoms with van der Waals surface area (Å²) in [4.78, 5) is 24.2. The lowest BCUT2D eigenvalue weighted by atomic mass is 10.2. The van der Waals surface area contributed by atoms with Crippen LogP contribution in [0.25, 0.3) is 0 Å². The number of carbonyl (C=O) groups excluding carboxylic acids is 1. The Balaban J connectivity index is 2.13. The maximum absolute atomic E-state index is 13.0. The van der Waals surface area contributed by atoms with Crippen molar-refractivity contribution in [2.24, 2.45) is 0 Å². The molecule has 2 rings (SSSR count). The molecule has 2 amide bonds. The number of aliphatic hydroxyl groups is 1.